The largest absolute Gasteiger partial charge is 0.293 e. The molecule has 0 bridgehead atoms. The summed E-state index contributed by atoms with van der Waals surface area (Å²) in [5.41, 5.74) is 5.76. The number of alkyl halides is 1. The summed E-state index contributed by atoms with van der Waals surface area (Å²) in [6.07, 6.45) is 0. The summed E-state index contributed by atoms with van der Waals surface area (Å²) >= 11 is 6.79. The van der Waals surface area contributed by atoms with Crippen molar-refractivity contribution in [1.29, 1.82) is 0 Å². The fourth-order valence-electron chi connectivity index (χ4n) is 2.96. The number of halogens is 2. The van der Waals surface area contributed by atoms with Crippen molar-refractivity contribution in [2.45, 2.75) is 19.3 Å². The monoisotopic (exact) mass is 392 g/mol. The summed E-state index contributed by atoms with van der Waals surface area (Å²) < 4.78 is 1.09. The van der Waals surface area contributed by atoms with Gasteiger partial charge in [0.05, 0.1) is 5.33 Å². The van der Waals surface area contributed by atoms with Crippen LogP contribution in [0.2, 0.25) is 0 Å². The average molecular weight is 394 g/mol. The van der Waals surface area contributed by atoms with Crippen LogP contribution >= 0.6 is 31.9 Å². The highest BCUT2D eigenvalue weighted by Crippen LogP contribution is 2.49. The number of benzene rings is 2. The van der Waals surface area contributed by atoms with E-state index in [1.807, 2.05) is 12.1 Å². The Morgan fingerprint density at radius 3 is 2.30 bits per heavy atom. The van der Waals surface area contributed by atoms with Crippen molar-refractivity contribution in [2.75, 3.05) is 5.33 Å². The lowest BCUT2D eigenvalue weighted by Gasteiger charge is -2.22. The van der Waals surface area contributed by atoms with Gasteiger partial charge in [-0.05, 0) is 40.5 Å². The zero-order valence-corrected chi connectivity index (χ0v) is 14.5. The van der Waals surface area contributed by atoms with Crippen LogP contribution in [0.15, 0.2) is 40.9 Å². The number of rotatable bonds is 2. The molecule has 1 nitrogen and oxygen atoms in total. The van der Waals surface area contributed by atoms with Crippen molar-refractivity contribution in [2.24, 2.45) is 0 Å². The summed E-state index contributed by atoms with van der Waals surface area (Å²) in [7, 11) is 0. The molecule has 1 aliphatic carbocycles. The van der Waals surface area contributed by atoms with Gasteiger partial charge in [0.2, 0.25) is 0 Å². The lowest BCUT2D eigenvalue weighted by molar-refractivity contribution is 0.102. The van der Waals surface area contributed by atoms with Crippen molar-refractivity contribution >= 4 is 37.6 Å². The van der Waals surface area contributed by atoms with Gasteiger partial charge in [-0.3, -0.25) is 4.79 Å². The first-order chi connectivity index (χ1) is 9.45. The Labute approximate surface area is 135 Å². The summed E-state index contributed by atoms with van der Waals surface area (Å²) in [4.78, 5) is 11.9. The number of carbonyl (C=O) groups excluding carboxylic acids is 1. The van der Waals surface area contributed by atoms with Gasteiger partial charge in [0.25, 0.3) is 0 Å². The lowest BCUT2D eigenvalue weighted by atomic mass is 9.82. The van der Waals surface area contributed by atoms with Crippen LogP contribution in [-0.4, -0.2) is 11.1 Å². The van der Waals surface area contributed by atoms with Gasteiger partial charge in [-0.25, -0.2) is 0 Å². The standard InChI is InChI=1S/C17H14Br2O/c1-17(2)14-7-10(16(20)9-18)3-5-12(14)13-6-4-11(19)8-15(13)17/h3-8H,9H2,1-2H3. The molecule has 3 heteroatoms. The van der Waals surface area contributed by atoms with E-state index >= 15 is 0 Å². The minimum Gasteiger partial charge on any atom is -0.293 e. The smallest absolute Gasteiger partial charge is 0.173 e. The van der Waals surface area contributed by atoms with Crippen LogP contribution in [0.25, 0.3) is 11.1 Å². The Hall–Kier alpha value is -0.930. The van der Waals surface area contributed by atoms with E-state index in [9.17, 15) is 4.79 Å². The zero-order chi connectivity index (χ0) is 14.5. The maximum atomic E-state index is 11.9. The second kappa shape index (κ2) is 4.81. The first-order valence-electron chi connectivity index (χ1n) is 6.49. The summed E-state index contributed by atoms with van der Waals surface area (Å²) in [6.45, 7) is 4.43. The van der Waals surface area contributed by atoms with Crippen molar-refractivity contribution in [1.82, 2.24) is 0 Å². The van der Waals surface area contributed by atoms with Crippen molar-refractivity contribution in [3.63, 3.8) is 0 Å². The summed E-state index contributed by atoms with van der Waals surface area (Å²) in [5, 5.41) is 0.366. The van der Waals surface area contributed by atoms with Crippen LogP contribution in [0, 0.1) is 0 Å². The van der Waals surface area contributed by atoms with Gasteiger partial charge in [0.15, 0.2) is 5.78 Å². The van der Waals surface area contributed by atoms with E-state index in [2.05, 4.69) is 70.0 Å². The van der Waals surface area contributed by atoms with E-state index in [-0.39, 0.29) is 11.2 Å². The van der Waals surface area contributed by atoms with E-state index in [0.29, 0.717) is 5.33 Å². The molecule has 0 atom stereocenters. The molecule has 2 aromatic rings. The summed E-state index contributed by atoms with van der Waals surface area (Å²) in [5.74, 6) is 0.126. The Bertz CT molecular complexity index is 717. The van der Waals surface area contributed by atoms with E-state index in [1.54, 1.807) is 0 Å². The number of Topliss-reactive ketones (excluding diaryl/α,β-unsaturated/α-hetero) is 1. The fraction of sp³-hybridized carbons (Fsp3) is 0.235. The van der Waals surface area contributed by atoms with Crippen LogP contribution in [0.3, 0.4) is 0 Å². The van der Waals surface area contributed by atoms with Crippen LogP contribution in [0.1, 0.15) is 35.3 Å². The molecule has 2 aromatic carbocycles. The van der Waals surface area contributed by atoms with E-state index in [4.69, 9.17) is 0 Å². The van der Waals surface area contributed by atoms with Gasteiger partial charge in [-0.15, -0.1) is 0 Å². The molecule has 0 saturated heterocycles. The number of hydrogen-bond donors (Lipinski definition) is 0. The number of fused-ring (bicyclic) bond motifs is 3. The predicted octanol–water partition coefficient (Wildman–Crippen LogP) is 5.33. The number of ketones is 1. The Morgan fingerprint density at radius 1 is 1.05 bits per heavy atom. The topological polar surface area (TPSA) is 17.1 Å². The molecule has 1 aliphatic rings. The molecule has 0 heterocycles. The minimum atomic E-state index is -0.0724. The second-order valence-electron chi connectivity index (χ2n) is 5.63. The molecule has 0 aromatic heterocycles. The molecule has 0 unspecified atom stereocenters. The van der Waals surface area contributed by atoms with Crippen molar-refractivity contribution < 1.29 is 4.79 Å². The van der Waals surface area contributed by atoms with Gasteiger partial charge in [0, 0.05) is 15.5 Å². The maximum Gasteiger partial charge on any atom is 0.173 e. The molecular weight excluding hydrogens is 380 g/mol. The van der Waals surface area contributed by atoms with Gasteiger partial charge >= 0.3 is 0 Å². The third kappa shape index (κ3) is 1.99. The predicted molar refractivity (Wildman–Crippen MR) is 89.8 cm³/mol. The summed E-state index contributed by atoms with van der Waals surface area (Å²) in [6, 6.07) is 12.5. The molecule has 3 rings (SSSR count). The third-order valence-electron chi connectivity index (χ3n) is 4.08. The van der Waals surface area contributed by atoms with Crippen LogP contribution in [0.4, 0.5) is 0 Å². The SMILES string of the molecule is CC1(C)c2cc(Br)ccc2-c2ccc(C(=O)CBr)cc21. The molecule has 102 valence electrons. The Morgan fingerprint density at radius 2 is 1.65 bits per heavy atom. The third-order valence-corrected chi connectivity index (χ3v) is 5.08. The Kier molecular flexibility index (Phi) is 3.38. The zero-order valence-electron chi connectivity index (χ0n) is 11.3. The van der Waals surface area contributed by atoms with Gasteiger partial charge in [-0.1, -0.05) is 63.9 Å². The molecule has 0 spiro atoms. The van der Waals surface area contributed by atoms with Crippen molar-refractivity contribution in [3.8, 4) is 11.1 Å². The number of carbonyl (C=O) groups is 1. The minimum absolute atomic E-state index is 0.0724. The molecule has 0 radical (unpaired) electrons. The van der Waals surface area contributed by atoms with Crippen molar-refractivity contribution in [3.05, 3.63) is 57.6 Å². The Balaban J connectivity index is 2.24. The van der Waals surface area contributed by atoms with E-state index < -0.39 is 0 Å². The van der Waals surface area contributed by atoms with E-state index in [0.717, 1.165) is 10.0 Å². The second-order valence-corrected chi connectivity index (χ2v) is 7.11. The molecule has 0 saturated carbocycles. The molecule has 20 heavy (non-hydrogen) atoms. The average Bonchev–Trinajstić information content (AvgIpc) is 2.66. The highest BCUT2D eigenvalue weighted by molar-refractivity contribution is 9.10. The maximum absolute atomic E-state index is 11.9. The fourth-order valence-corrected chi connectivity index (χ4v) is 3.65. The molecule has 0 aliphatic heterocycles. The van der Waals surface area contributed by atoms with E-state index in [1.165, 1.54) is 22.3 Å². The normalized spacial score (nSPS) is 14.8. The molecule has 0 amide bonds. The van der Waals surface area contributed by atoms with Gasteiger partial charge in [-0.2, -0.15) is 0 Å². The van der Waals surface area contributed by atoms with Gasteiger partial charge in [0.1, 0.15) is 0 Å². The molecule has 0 N–H and O–H groups in total. The number of hydrogen-bond acceptors (Lipinski definition) is 1. The van der Waals surface area contributed by atoms with Gasteiger partial charge < -0.3 is 0 Å². The van der Waals surface area contributed by atoms with Crippen LogP contribution in [-0.2, 0) is 5.41 Å². The first kappa shape index (κ1) is 14.0. The molecule has 0 fully saturated rings. The highest BCUT2D eigenvalue weighted by atomic mass is 79.9. The lowest BCUT2D eigenvalue weighted by Crippen LogP contribution is -2.16. The van der Waals surface area contributed by atoms with Crippen LogP contribution in [0.5, 0.6) is 0 Å². The highest BCUT2D eigenvalue weighted by Gasteiger charge is 2.35. The first-order valence-corrected chi connectivity index (χ1v) is 8.40. The molecular formula is C17H14Br2O. The van der Waals surface area contributed by atoms with Crippen LogP contribution < -0.4 is 0 Å². The quantitative estimate of drug-likeness (QED) is 0.497.